The molecule has 0 unspecified atom stereocenters. The first-order chi connectivity index (χ1) is 12.2. The van der Waals surface area contributed by atoms with Crippen LogP contribution in [-0.4, -0.2) is 32.2 Å². The zero-order chi connectivity index (χ0) is 19.3. The summed E-state index contributed by atoms with van der Waals surface area (Å²) in [6, 6.07) is 12.4. The zero-order valence-electron chi connectivity index (χ0n) is 13.6. The molecule has 9 heteroatoms. The smallest absolute Gasteiger partial charge is 0.341 e. The highest BCUT2D eigenvalue weighted by molar-refractivity contribution is 7.91. The summed E-state index contributed by atoms with van der Waals surface area (Å²) in [5.74, 6) is -5.00. The van der Waals surface area contributed by atoms with Gasteiger partial charge >= 0.3 is 11.7 Å². The fraction of sp³-hybridized carbons (Fsp3) is 0.176. The fourth-order valence-corrected chi connectivity index (χ4v) is 2.65. The van der Waals surface area contributed by atoms with E-state index < -0.39 is 38.5 Å². The monoisotopic (exact) mass is 383 g/mol. The van der Waals surface area contributed by atoms with Gasteiger partial charge in [-0.1, -0.05) is 18.2 Å². The number of alkyl halides is 2. The van der Waals surface area contributed by atoms with E-state index in [0.717, 1.165) is 24.3 Å². The van der Waals surface area contributed by atoms with Gasteiger partial charge in [-0.15, -0.1) is 0 Å². The van der Waals surface area contributed by atoms with E-state index in [4.69, 9.17) is 4.74 Å². The lowest BCUT2D eigenvalue weighted by molar-refractivity contribution is -0.123. The van der Waals surface area contributed by atoms with Crippen molar-refractivity contribution in [2.24, 2.45) is 0 Å². The largest absolute Gasteiger partial charge is 0.449 e. The van der Waals surface area contributed by atoms with E-state index in [1.54, 1.807) is 30.3 Å². The number of hydrogen-bond donors (Lipinski definition) is 1. The summed E-state index contributed by atoms with van der Waals surface area (Å²) in [4.78, 5) is 23.4. The highest BCUT2D eigenvalue weighted by atomic mass is 32.2. The molecule has 26 heavy (non-hydrogen) atoms. The molecule has 0 saturated carbocycles. The molecule has 0 aliphatic rings. The third-order valence-corrected chi connectivity index (χ3v) is 4.75. The molecule has 2 aromatic rings. The van der Waals surface area contributed by atoms with Crippen LogP contribution in [0.25, 0.3) is 0 Å². The number of sulfone groups is 1. The van der Waals surface area contributed by atoms with Gasteiger partial charge in [-0.3, -0.25) is 4.79 Å². The molecule has 0 aliphatic carbocycles. The van der Waals surface area contributed by atoms with E-state index >= 15 is 0 Å². The van der Waals surface area contributed by atoms with Crippen molar-refractivity contribution in [3.63, 3.8) is 0 Å². The molecule has 6 nitrogen and oxygen atoms in total. The number of benzene rings is 2. The van der Waals surface area contributed by atoms with Crippen LogP contribution >= 0.6 is 0 Å². The summed E-state index contributed by atoms with van der Waals surface area (Å²) in [6.45, 7) is 1.37. The van der Waals surface area contributed by atoms with E-state index in [2.05, 4.69) is 5.32 Å². The minimum Gasteiger partial charge on any atom is -0.449 e. The lowest BCUT2D eigenvalue weighted by atomic mass is 10.2. The minimum atomic E-state index is -4.74. The van der Waals surface area contributed by atoms with Crippen LogP contribution in [0.5, 0.6) is 0 Å². The average molecular weight is 383 g/mol. The number of anilines is 1. The Morgan fingerprint density at radius 3 is 2.12 bits per heavy atom. The summed E-state index contributed by atoms with van der Waals surface area (Å²) >= 11 is 0. The number of para-hydroxylation sites is 1. The third-order valence-electron chi connectivity index (χ3n) is 3.35. The molecule has 1 N–H and O–H groups in total. The van der Waals surface area contributed by atoms with Crippen molar-refractivity contribution in [1.29, 1.82) is 0 Å². The Morgan fingerprint density at radius 1 is 1.00 bits per heavy atom. The Hall–Kier alpha value is -2.81. The van der Waals surface area contributed by atoms with Crippen molar-refractivity contribution in [2.45, 2.75) is 23.7 Å². The molecule has 0 bridgehead atoms. The van der Waals surface area contributed by atoms with Crippen molar-refractivity contribution in [3.05, 3.63) is 60.2 Å². The quantitative estimate of drug-likeness (QED) is 0.775. The van der Waals surface area contributed by atoms with E-state index in [0.29, 0.717) is 5.69 Å². The average Bonchev–Trinajstić information content (AvgIpc) is 2.62. The van der Waals surface area contributed by atoms with Crippen LogP contribution in [0.4, 0.5) is 14.5 Å². The lowest BCUT2D eigenvalue weighted by Gasteiger charge is -2.13. The second-order valence-corrected chi connectivity index (χ2v) is 7.15. The number of carbonyl (C=O) groups is 2. The normalized spacial score (nSPS) is 12.5. The molecule has 0 heterocycles. The number of halogens is 2. The van der Waals surface area contributed by atoms with Crippen LogP contribution in [0.15, 0.2) is 59.5 Å². The van der Waals surface area contributed by atoms with Gasteiger partial charge < -0.3 is 10.1 Å². The van der Waals surface area contributed by atoms with Crippen LogP contribution in [0.3, 0.4) is 0 Å². The first kappa shape index (κ1) is 19.5. The van der Waals surface area contributed by atoms with E-state index in [1.165, 1.54) is 6.92 Å². The Balaban J connectivity index is 2.02. The Kier molecular flexibility index (Phi) is 6.04. The Morgan fingerprint density at radius 2 is 1.58 bits per heavy atom. The van der Waals surface area contributed by atoms with Crippen molar-refractivity contribution in [1.82, 2.24) is 0 Å². The number of amides is 1. The molecular formula is C17H15F2NO5S. The maximum absolute atomic E-state index is 12.5. The molecule has 1 amide bonds. The number of esters is 1. The maximum atomic E-state index is 12.5. The van der Waals surface area contributed by atoms with Gasteiger partial charge in [0.15, 0.2) is 6.10 Å². The molecule has 0 fully saturated rings. The molecule has 0 spiro atoms. The first-order valence-electron chi connectivity index (χ1n) is 7.41. The minimum absolute atomic E-state index is 0.0717. The number of rotatable bonds is 6. The molecule has 0 aromatic heterocycles. The topological polar surface area (TPSA) is 89.5 Å². The second kappa shape index (κ2) is 8.05. The summed E-state index contributed by atoms with van der Waals surface area (Å²) in [7, 11) is -4.74. The van der Waals surface area contributed by atoms with Gasteiger partial charge in [0.1, 0.15) is 0 Å². The fourth-order valence-electron chi connectivity index (χ4n) is 1.93. The van der Waals surface area contributed by atoms with Crippen LogP contribution in [0.2, 0.25) is 0 Å². The molecule has 0 radical (unpaired) electrons. The van der Waals surface area contributed by atoms with Crippen LogP contribution < -0.4 is 5.32 Å². The molecule has 0 saturated heterocycles. The van der Waals surface area contributed by atoms with E-state index in [1.807, 2.05) is 0 Å². The van der Waals surface area contributed by atoms with Crippen molar-refractivity contribution >= 4 is 27.4 Å². The number of nitrogens with one attached hydrogen (secondary N) is 1. The van der Waals surface area contributed by atoms with Gasteiger partial charge in [-0.25, -0.2) is 13.2 Å². The van der Waals surface area contributed by atoms with Crippen molar-refractivity contribution in [2.75, 3.05) is 5.32 Å². The number of hydrogen-bond acceptors (Lipinski definition) is 5. The Bertz CT molecular complexity index is 883. The lowest BCUT2D eigenvalue weighted by Crippen LogP contribution is -2.30. The SMILES string of the molecule is C[C@H](OC(=O)c1ccc(S(=O)(=O)C(F)F)cc1)C(=O)Nc1ccccc1. The molecular weight excluding hydrogens is 368 g/mol. The summed E-state index contributed by atoms with van der Waals surface area (Å²) in [5, 5.41) is 2.56. The van der Waals surface area contributed by atoms with Gasteiger partial charge in [0.25, 0.3) is 5.91 Å². The molecule has 2 aromatic carbocycles. The highest BCUT2D eigenvalue weighted by Gasteiger charge is 2.27. The van der Waals surface area contributed by atoms with Crippen molar-refractivity contribution < 1.29 is 31.5 Å². The maximum Gasteiger partial charge on any atom is 0.341 e. The standard InChI is InChI=1S/C17H15F2NO5S/c1-11(15(21)20-13-5-3-2-4-6-13)25-16(22)12-7-9-14(10-8-12)26(23,24)17(18)19/h2-11,17H,1H3,(H,20,21)/t11-/m0/s1. The number of carbonyl (C=O) groups excluding carboxylic acids is 2. The van der Waals surface area contributed by atoms with Gasteiger partial charge in [-0.2, -0.15) is 8.78 Å². The molecule has 0 aliphatic heterocycles. The zero-order valence-corrected chi connectivity index (χ0v) is 14.4. The van der Waals surface area contributed by atoms with Crippen LogP contribution in [-0.2, 0) is 19.4 Å². The highest BCUT2D eigenvalue weighted by Crippen LogP contribution is 2.19. The van der Waals surface area contributed by atoms with E-state index in [9.17, 15) is 26.8 Å². The Labute approximate surface area is 148 Å². The second-order valence-electron chi connectivity index (χ2n) is 5.23. The number of ether oxygens (including phenoxy) is 1. The summed E-state index contributed by atoms with van der Waals surface area (Å²) in [6.07, 6.45) is -1.12. The predicted octanol–water partition coefficient (Wildman–Crippen LogP) is 2.87. The van der Waals surface area contributed by atoms with Gasteiger partial charge in [0.2, 0.25) is 9.84 Å². The molecule has 138 valence electrons. The van der Waals surface area contributed by atoms with Crippen molar-refractivity contribution in [3.8, 4) is 0 Å². The summed E-state index contributed by atoms with van der Waals surface area (Å²) in [5.41, 5.74) is 0.458. The third kappa shape index (κ3) is 4.63. The van der Waals surface area contributed by atoms with Gasteiger partial charge in [0, 0.05) is 5.69 Å². The molecule has 1 atom stereocenters. The first-order valence-corrected chi connectivity index (χ1v) is 8.95. The van der Waals surface area contributed by atoms with Crippen LogP contribution in [0, 0.1) is 0 Å². The predicted molar refractivity (Wildman–Crippen MR) is 89.6 cm³/mol. The van der Waals surface area contributed by atoms with E-state index in [-0.39, 0.29) is 5.56 Å². The molecule has 2 rings (SSSR count). The van der Waals surface area contributed by atoms with Crippen LogP contribution in [0.1, 0.15) is 17.3 Å². The summed E-state index contributed by atoms with van der Waals surface area (Å²) < 4.78 is 52.6. The van der Waals surface area contributed by atoms with Gasteiger partial charge in [-0.05, 0) is 43.3 Å². The van der Waals surface area contributed by atoms with Gasteiger partial charge in [0.05, 0.1) is 10.5 Å².